The third kappa shape index (κ3) is 68.0. The third-order valence-electron chi connectivity index (χ3n) is 18.4. The molecular weight excluding hydrogens is 1010 g/mol. The average molecular weight is 1160 g/mol. The average Bonchev–Trinajstić information content (AvgIpc) is 3.48. The lowest BCUT2D eigenvalue weighted by Gasteiger charge is -2.22. The summed E-state index contributed by atoms with van der Waals surface area (Å²) in [4.78, 5) is 24.6. The van der Waals surface area contributed by atoms with Crippen molar-refractivity contribution in [2.75, 3.05) is 13.2 Å². The van der Waals surface area contributed by atoms with Crippen molar-refractivity contribution in [3.8, 4) is 0 Å². The molecule has 0 saturated carbocycles. The molecule has 1 amide bonds. The molecule has 6 heteroatoms. The van der Waals surface area contributed by atoms with Crippen LogP contribution in [0.5, 0.6) is 0 Å². The number of carbonyl (C=O) groups is 2. The molecule has 0 fully saturated rings. The second-order valence-corrected chi connectivity index (χ2v) is 26.7. The molecule has 0 heterocycles. The van der Waals surface area contributed by atoms with Gasteiger partial charge in [-0.15, -0.1) is 0 Å². The van der Waals surface area contributed by atoms with Crippen LogP contribution in [0.2, 0.25) is 0 Å². The van der Waals surface area contributed by atoms with Gasteiger partial charge in [-0.2, -0.15) is 0 Å². The fourth-order valence-electron chi connectivity index (χ4n) is 12.6. The summed E-state index contributed by atoms with van der Waals surface area (Å²) in [5.74, 6) is 0.00139. The lowest BCUT2D eigenvalue weighted by molar-refractivity contribution is -0.143. The van der Waals surface area contributed by atoms with Gasteiger partial charge in [-0.3, -0.25) is 9.59 Å². The summed E-state index contributed by atoms with van der Waals surface area (Å²) < 4.78 is 5.51. The first kappa shape index (κ1) is 80.9. The quantitative estimate of drug-likeness (QED) is 0.0417. The van der Waals surface area contributed by atoms with E-state index in [0.717, 1.165) is 38.5 Å². The van der Waals surface area contributed by atoms with Crippen LogP contribution in [0.15, 0.2) is 0 Å². The summed E-state index contributed by atoms with van der Waals surface area (Å²) in [6, 6.07) is -0.536. The van der Waals surface area contributed by atoms with Crippen LogP contribution in [0, 0.1) is 0 Å². The van der Waals surface area contributed by atoms with Gasteiger partial charge in [-0.1, -0.05) is 412 Å². The Hall–Kier alpha value is -1.14. The Kier molecular flexibility index (Phi) is 71.3. The summed E-state index contributed by atoms with van der Waals surface area (Å²) in [5, 5.41) is 23.3. The van der Waals surface area contributed by atoms with Gasteiger partial charge in [0.2, 0.25) is 5.91 Å². The summed E-state index contributed by atoms with van der Waals surface area (Å²) in [5.41, 5.74) is 0. The lowest BCUT2D eigenvalue weighted by Crippen LogP contribution is -2.45. The number of hydrogen-bond acceptors (Lipinski definition) is 5. The normalized spacial score (nSPS) is 12.4. The number of aliphatic hydroxyl groups is 2. The zero-order valence-corrected chi connectivity index (χ0v) is 56.3. The van der Waals surface area contributed by atoms with Crippen LogP contribution in [0.25, 0.3) is 0 Å². The van der Waals surface area contributed by atoms with Gasteiger partial charge in [0.05, 0.1) is 25.4 Å². The summed E-state index contributed by atoms with van der Waals surface area (Å²) >= 11 is 0. The zero-order valence-electron chi connectivity index (χ0n) is 56.3. The van der Waals surface area contributed by atoms with E-state index in [-0.39, 0.29) is 18.5 Å². The predicted molar refractivity (Wildman–Crippen MR) is 361 cm³/mol. The molecule has 0 aliphatic heterocycles. The van der Waals surface area contributed by atoms with Crippen molar-refractivity contribution < 1.29 is 24.5 Å². The van der Waals surface area contributed by atoms with Crippen molar-refractivity contribution >= 4 is 11.9 Å². The number of aliphatic hydroxyl groups excluding tert-OH is 2. The zero-order chi connectivity index (χ0) is 59.2. The molecule has 2 unspecified atom stereocenters. The fourth-order valence-corrected chi connectivity index (χ4v) is 12.6. The largest absolute Gasteiger partial charge is 0.466 e. The molecule has 82 heavy (non-hydrogen) atoms. The first-order valence-corrected chi connectivity index (χ1v) is 38.3. The number of unbranched alkanes of at least 4 members (excludes halogenated alkanes) is 62. The second kappa shape index (κ2) is 72.3. The highest BCUT2D eigenvalue weighted by Crippen LogP contribution is 2.20. The van der Waals surface area contributed by atoms with Crippen LogP contribution in [-0.4, -0.2) is 47.4 Å². The Balaban J connectivity index is 3.28. The molecule has 0 spiro atoms. The van der Waals surface area contributed by atoms with Gasteiger partial charge in [0.15, 0.2) is 0 Å². The van der Waals surface area contributed by atoms with Gasteiger partial charge >= 0.3 is 5.97 Å². The van der Waals surface area contributed by atoms with Gasteiger partial charge in [-0.05, 0) is 25.7 Å². The molecule has 0 aromatic carbocycles. The molecule has 6 nitrogen and oxygen atoms in total. The van der Waals surface area contributed by atoms with E-state index in [1.54, 1.807) is 0 Å². The highest BCUT2D eigenvalue weighted by Gasteiger charge is 2.20. The van der Waals surface area contributed by atoms with Crippen LogP contribution >= 0.6 is 0 Å². The number of rotatable bonds is 73. The third-order valence-corrected chi connectivity index (χ3v) is 18.4. The second-order valence-electron chi connectivity index (χ2n) is 26.7. The van der Waals surface area contributed by atoms with Crippen molar-refractivity contribution in [3.05, 3.63) is 0 Å². The summed E-state index contributed by atoms with van der Waals surface area (Å²) in [6.07, 6.45) is 89.1. The molecule has 0 radical (unpaired) electrons. The first-order valence-electron chi connectivity index (χ1n) is 38.3. The van der Waals surface area contributed by atoms with Gasteiger partial charge in [0, 0.05) is 12.8 Å². The van der Waals surface area contributed by atoms with Crippen molar-refractivity contribution in [2.24, 2.45) is 0 Å². The van der Waals surface area contributed by atoms with Crippen molar-refractivity contribution in [1.82, 2.24) is 5.32 Å². The number of ether oxygens (including phenoxy) is 1. The minimum Gasteiger partial charge on any atom is -0.466 e. The highest BCUT2D eigenvalue weighted by atomic mass is 16.5. The van der Waals surface area contributed by atoms with E-state index >= 15 is 0 Å². The standard InChI is InChI=1S/C76H151NO5/c1-3-5-7-9-11-13-15-17-19-42-46-50-54-58-62-66-70-76(81)82-71-67-63-59-55-51-47-43-40-38-36-34-32-30-28-26-24-22-20-21-23-25-27-29-31-33-35-37-39-41-45-49-53-57-61-65-69-75(80)77-73(72-78)74(79)68-64-60-56-52-48-44-18-16-14-12-10-8-6-4-2/h73-74,78-79H,3-72H2,1-2H3,(H,77,80). The number of esters is 1. The van der Waals surface area contributed by atoms with E-state index < -0.39 is 12.1 Å². The maximum absolute atomic E-state index is 12.5. The maximum Gasteiger partial charge on any atom is 0.305 e. The minimum absolute atomic E-state index is 0.0260. The van der Waals surface area contributed by atoms with Crippen LogP contribution in [0.1, 0.15) is 450 Å². The monoisotopic (exact) mass is 1160 g/mol. The number of amides is 1. The fraction of sp³-hybridized carbons (Fsp3) is 0.974. The van der Waals surface area contributed by atoms with Crippen LogP contribution in [-0.2, 0) is 14.3 Å². The number of carbonyl (C=O) groups excluding carboxylic acids is 2. The molecule has 0 saturated heterocycles. The van der Waals surface area contributed by atoms with E-state index in [4.69, 9.17) is 4.74 Å². The Bertz CT molecular complexity index is 1200. The summed E-state index contributed by atoms with van der Waals surface area (Å²) in [6.45, 7) is 5.01. The van der Waals surface area contributed by atoms with E-state index in [2.05, 4.69) is 19.2 Å². The molecule has 0 rings (SSSR count). The molecule has 490 valence electrons. The maximum atomic E-state index is 12.5. The lowest BCUT2D eigenvalue weighted by atomic mass is 10.0. The van der Waals surface area contributed by atoms with Gasteiger partial charge in [0.25, 0.3) is 0 Å². The van der Waals surface area contributed by atoms with Gasteiger partial charge < -0.3 is 20.3 Å². The van der Waals surface area contributed by atoms with E-state index in [9.17, 15) is 19.8 Å². The smallest absolute Gasteiger partial charge is 0.305 e. The first-order chi connectivity index (χ1) is 40.5. The van der Waals surface area contributed by atoms with Crippen molar-refractivity contribution in [3.63, 3.8) is 0 Å². The molecule has 2 atom stereocenters. The Morgan fingerprint density at radius 2 is 0.500 bits per heavy atom. The van der Waals surface area contributed by atoms with E-state index in [1.165, 1.54) is 379 Å². The molecular formula is C76H151NO5. The van der Waals surface area contributed by atoms with Crippen molar-refractivity contribution in [1.29, 1.82) is 0 Å². The van der Waals surface area contributed by atoms with E-state index in [0.29, 0.717) is 25.9 Å². The predicted octanol–water partition coefficient (Wildman–Crippen LogP) is 24.9. The topological polar surface area (TPSA) is 95.9 Å². The molecule has 3 N–H and O–H groups in total. The number of hydrogen-bond donors (Lipinski definition) is 3. The SMILES string of the molecule is CCCCCCCCCCCCCCCCCCC(=O)OCCCCCCCCCCCCCCCCCCCCCCCCCCCCCCCCCCCCCC(=O)NC(CO)C(O)CCCCCCCCCCCCCCCC. The molecule has 0 aromatic rings. The molecule has 0 aliphatic carbocycles. The Labute approximate surface area is 515 Å². The van der Waals surface area contributed by atoms with Crippen LogP contribution in [0.3, 0.4) is 0 Å². The Morgan fingerprint density at radius 1 is 0.293 bits per heavy atom. The van der Waals surface area contributed by atoms with Crippen LogP contribution < -0.4 is 5.32 Å². The molecule has 0 aliphatic rings. The van der Waals surface area contributed by atoms with Crippen LogP contribution in [0.4, 0.5) is 0 Å². The molecule has 0 aromatic heterocycles. The van der Waals surface area contributed by atoms with Gasteiger partial charge in [0.1, 0.15) is 0 Å². The highest BCUT2D eigenvalue weighted by molar-refractivity contribution is 5.76. The van der Waals surface area contributed by atoms with Gasteiger partial charge in [-0.25, -0.2) is 0 Å². The number of nitrogens with one attached hydrogen (secondary N) is 1. The molecule has 0 bridgehead atoms. The Morgan fingerprint density at radius 3 is 0.744 bits per heavy atom. The minimum atomic E-state index is -0.659. The van der Waals surface area contributed by atoms with Crippen molar-refractivity contribution in [2.45, 2.75) is 463 Å². The van der Waals surface area contributed by atoms with E-state index in [1.807, 2.05) is 0 Å². The summed E-state index contributed by atoms with van der Waals surface area (Å²) in [7, 11) is 0.